The van der Waals surface area contributed by atoms with Gasteiger partial charge in [0.1, 0.15) is 0 Å². The van der Waals surface area contributed by atoms with Crippen molar-refractivity contribution in [3.8, 4) is 0 Å². The minimum Gasteiger partial charge on any atom is -0.289 e. The van der Waals surface area contributed by atoms with Crippen LogP contribution in [-0.2, 0) is 6.18 Å². The molecule has 0 aromatic heterocycles. The summed E-state index contributed by atoms with van der Waals surface area (Å²) < 4.78 is 37.4. The van der Waals surface area contributed by atoms with Crippen LogP contribution in [0.5, 0.6) is 0 Å². The number of ketones is 1. The summed E-state index contributed by atoms with van der Waals surface area (Å²) in [4.78, 5) is 22.3. The maximum Gasteiger partial charge on any atom is 0.416 e. The number of alkyl halides is 3. The van der Waals surface area contributed by atoms with E-state index in [1.54, 1.807) is 6.92 Å². The number of halogens is 3. The summed E-state index contributed by atoms with van der Waals surface area (Å²) in [6.45, 7) is 1.56. The van der Waals surface area contributed by atoms with Crippen LogP contribution >= 0.6 is 0 Å². The standard InChI is InChI=1S/C17H12F3NO3/c1-11-2-6-13(10-15(11)21(23)24)16(22)9-5-12-3-7-14(8-4-12)17(18,19)20/h2-10H,1H3. The summed E-state index contributed by atoms with van der Waals surface area (Å²) in [6.07, 6.45) is -1.90. The Kier molecular flexibility index (Phi) is 4.82. The van der Waals surface area contributed by atoms with Gasteiger partial charge in [-0.25, -0.2) is 0 Å². The summed E-state index contributed by atoms with van der Waals surface area (Å²) >= 11 is 0. The molecule has 124 valence electrons. The van der Waals surface area contributed by atoms with Crippen molar-refractivity contribution >= 4 is 17.5 Å². The van der Waals surface area contributed by atoms with Crippen LogP contribution in [0, 0.1) is 17.0 Å². The molecule has 0 aliphatic heterocycles. The van der Waals surface area contributed by atoms with E-state index in [9.17, 15) is 28.1 Å². The van der Waals surface area contributed by atoms with Gasteiger partial charge in [-0.05, 0) is 30.7 Å². The van der Waals surface area contributed by atoms with Crippen LogP contribution < -0.4 is 0 Å². The molecule has 0 heterocycles. The summed E-state index contributed by atoms with van der Waals surface area (Å²) in [5, 5.41) is 10.9. The predicted molar refractivity (Wildman–Crippen MR) is 82.6 cm³/mol. The van der Waals surface area contributed by atoms with Gasteiger partial charge in [-0.2, -0.15) is 13.2 Å². The second kappa shape index (κ2) is 6.66. The Hall–Kier alpha value is -2.96. The molecule has 0 unspecified atom stereocenters. The lowest BCUT2D eigenvalue weighted by Crippen LogP contribution is -2.04. The summed E-state index contributed by atoms with van der Waals surface area (Å²) in [7, 11) is 0. The number of hydrogen-bond donors (Lipinski definition) is 0. The molecule has 4 nitrogen and oxygen atoms in total. The minimum absolute atomic E-state index is 0.135. The number of nitro benzene ring substituents is 1. The van der Waals surface area contributed by atoms with Crippen molar-refractivity contribution in [2.75, 3.05) is 0 Å². The van der Waals surface area contributed by atoms with Crippen molar-refractivity contribution in [2.45, 2.75) is 13.1 Å². The van der Waals surface area contributed by atoms with E-state index < -0.39 is 22.4 Å². The van der Waals surface area contributed by atoms with Crippen molar-refractivity contribution in [2.24, 2.45) is 0 Å². The molecule has 0 N–H and O–H groups in total. The zero-order chi connectivity index (χ0) is 17.9. The van der Waals surface area contributed by atoms with Gasteiger partial charge in [0.15, 0.2) is 5.78 Å². The van der Waals surface area contributed by atoms with Crippen molar-refractivity contribution in [1.82, 2.24) is 0 Å². The van der Waals surface area contributed by atoms with Gasteiger partial charge in [-0.15, -0.1) is 0 Å². The molecule has 0 bridgehead atoms. The number of rotatable bonds is 4. The lowest BCUT2D eigenvalue weighted by Gasteiger charge is -2.05. The molecule has 0 spiro atoms. The highest BCUT2D eigenvalue weighted by atomic mass is 19.4. The van der Waals surface area contributed by atoms with E-state index in [0.717, 1.165) is 18.2 Å². The van der Waals surface area contributed by atoms with Crippen molar-refractivity contribution < 1.29 is 22.9 Å². The molecule has 2 rings (SSSR count). The molecular formula is C17H12F3NO3. The first-order valence-electron chi connectivity index (χ1n) is 6.83. The van der Waals surface area contributed by atoms with Gasteiger partial charge in [-0.1, -0.05) is 30.3 Å². The average Bonchev–Trinajstić information content (AvgIpc) is 2.52. The van der Waals surface area contributed by atoms with E-state index in [2.05, 4.69) is 0 Å². The number of nitro groups is 1. The third-order valence-corrected chi connectivity index (χ3v) is 3.36. The number of nitrogens with zero attached hydrogens (tertiary/aromatic N) is 1. The van der Waals surface area contributed by atoms with Crippen LogP contribution in [-0.4, -0.2) is 10.7 Å². The lowest BCUT2D eigenvalue weighted by molar-refractivity contribution is -0.385. The monoisotopic (exact) mass is 335 g/mol. The summed E-state index contributed by atoms with van der Waals surface area (Å²) in [6, 6.07) is 8.42. The van der Waals surface area contributed by atoms with Crippen LogP contribution in [0.1, 0.15) is 27.0 Å². The summed E-state index contributed by atoms with van der Waals surface area (Å²) in [5.74, 6) is -0.474. The van der Waals surface area contributed by atoms with E-state index in [0.29, 0.717) is 11.1 Å². The molecule has 0 aliphatic carbocycles. The average molecular weight is 335 g/mol. The number of hydrogen-bond acceptors (Lipinski definition) is 3. The number of aryl methyl sites for hydroxylation is 1. The smallest absolute Gasteiger partial charge is 0.289 e. The zero-order valence-electron chi connectivity index (χ0n) is 12.5. The molecule has 0 aliphatic rings. The third kappa shape index (κ3) is 4.07. The molecular weight excluding hydrogens is 323 g/mol. The molecule has 0 saturated heterocycles. The second-order valence-electron chi connectivity index (χ2n) is 5.08. The van der Waals surface area contributed by atoms with E-state index in [1.165, 1.54) is 36.4 Å². The van der Waals surface area contributed by atoms with Gasteiger partial charge >= 0.3 is 6.18 Å². The number of carbonyl (C=O) groups is 1. The van der Waals surface area contributed by atoms with Crippen LogP contribution in [0.25, 0.3) is 6.08 Å². The SMILES string of the molecule is Cc1ccc(C(=O)C=Cc2ccc(C(F)(F)F)cc2)cc1[N+](=O)[O-]. The maximum absolute atomic E-state index is 12.5. The normalized spacial score (nSPS) is 11.7. The molecule has 24 heavy (non-hydrogen) atoms. The number of benzene rings is 2. The molecule has 0 saturated carbocycles. The zero-order valence-corrected chi connectivity index (χ0v) is 12.5. The Balaban J connectivity index is 2.19. The fraction of sp³-hybridized carbons (Fsp3) is 0.118. The van der Waals surface area contributed by atoms with E-state index in [1.807, 2.05) is 0 Å². The largest absolute Gasteiger partial charge is 0.416 e. The topological polar surface area (TPSA) is 60.2 Å². The first kappa shape index (κ1) is 17.4. The fourth-order valence-electron chi connectivity index (χ4n) is 2.01. The van der Waals surface area contributed by atoms with Crippen molar-refractivity contribution in [1.29, 1.82) is 0 Å². The maximum atomic E-state index is 12.5. The van der Waals surface area contributed by atoms with E-state index >= 15 is 0 Å². The Morgan fingerprint density at radius 3 is 2.29 bits per heavy atom. The van der Waals surface area contributed by atoms with Gasteiger partial charge in [0.25, 0.3) is 5.69 Å². The third-order valence-electron chi connectivity index (χ3n) is 3.36. The number of carbonyl (C=O) groups excluding carboxylic acids is 1. The van der Waals surface area contributed by atoms with Gasteiger partial charge in [-0.3, -0.25) is 14.9 Å². The van der Waals surface area contributed by atoms with E-state index in [4.69, 9.17) is 0 Å². The van der Waals surface area contributed by atoms with Crippen LogP contribution in [0.15, 0.2) is 48.5 Å². The summed E-state index contributed by atoms with van der Waals surface area (Å²) in [5.41, 5.74) is 0.0422. The highest BCUT2D eigenvalue weighted by molar-refractivity contribution is 6.07. The molecule has 2 aromatic rings. The van der Waals surface area contributed by atoms with Gasteiger partial charge in [0, 0.05) is 17.2 Å². The molecule has 0 fully saturated rings. The van der Waals surface area contributed by atoms with Crippen molar-refractivity contribution in [3.63, 3.8) is 0 Å². The van der Waals surface area contributed by atoms with Gasteiger partial charge in [0.05, 0.1) is 10.5 Å². The highest BCUT2D eigenvalue weighted by Gasteiger charge is 2.29. The van der Waals surface area contributed by atoms with Crippen LogP contribution in [0.3, 0.4) is 0 Å². The van der Waals surface area contributed by atoms with E-state index in [-0.39, 0.29) is 11.3 Å². The molecule has 0 atom stereocenters. The van der Waals surface area contributed by atoms with Crippen molar-refractivity contribution in [3.05, 3.63) is 80.9 Å². The van der Waals surface area contributed by atoms with Crippen LogP contribution in [0.4, 0.5) is 18.9 Å². The molecule has 2 aromatic carbocycles. The molecule has 0 amide bonds. The second-order valence-corrected chi connectivity index (χ2v) is 5.08. The first-order chi connectivity index (χ1) is 11.2. The fourth-order valence-corrected chi connectivity index (χ4v) is 2.01. The Labute approximate surface area is 135 Å². The Morgan fingerprint density at radius 2 is 1.75 bits per heavy atom. The highest BCUT2D eigenvalue weighted by Crippen LogP contribution is 2.29. The lowest BCUT2D eigenvalue weighted by atomic mass is 10.1. The van der Waals surface area contributed by atoms with Gasteiger partial charge in [0.2, 0.25) is 0 Å². The molecule has 0 radical (unpaired) electrons. The number of allylic oxidation sites excluding steroid dienone is 1. The Morgan fingerprint density at radius 1 is 1.12 bits per heavy atom. The predicted octanol–water partition coefficient (Wildman–Crippen LogP) is 4.82. The molecule has 7 heteroatoms. The Bertz CT molecular complexity index is 809. The minimum atomic E-state index is -4.42. The van der Waals surface area contributed by atoms with Gasteiger partial charge < -0.3 is 0 Å². The quantitative estimate of drug-likeness (QED) is 0.348. The first-order valence-corrected chi connectivity index (χ1v) is 6.83. The van der Waals surface area contributed by atoms with Crippen LogP contribution in [0.2, 0.25) is 0 Å².